The van der Waals surface area contributed by atoms with Crippen molar-refractivity contribution in [3.63, 3.8) is 0 Å². The van der Waals surface area contributed by atoms with Gasteiger partial charge in [0.25, 0.3) is 5.69 Å². The lowest BCUT2D eigenvalue weighted by atomic mass is 10.0. The summed E-state index contributed by atoms with van der Waals surface area (Å²) in [5.41, 5.74) is -1.15. The Bertz CT molecular complexity index is 586. The summed E-state index contributed by atoms with van der Waals surface area (Å²) in [5, 5.41) is 32.1. The maximum absolute atomic E-state index is 11.3. The second-order valence-electron chi connectivity index (χ2n) is 4.46. The van der Waals surface area contributed by atoms with Crippen molar-refractivity contribution in [2.24, 2.45) is 0 Å². The van der Waals surface area contributed by atoms with Gasteiger partial charge in [0, 0.05) is 7.05 Å². The number of anilines is 1. The quantitative estimate of drug-likeness (QED) is 0.657. The Hall–Kier alpha value is -2.42. The highest BCUT2D eigenvalue weighted by atomic mass is 16.6. The van der Waals surface area contributed by atoms with Gasteiger partial charge >= 0.3 is 5.69 Å². The van der Waals surface area contributed by atoms with Gasteiger partial charge in [0.15, 0.2) is 11.4 Å². The van der Waals surface area contributed by atoms with Crippen LogP contribution in [0, 0.1) is 20.2 Å². The second-order valence-corrected chi connectivity index (χ2v) is 4.46. The van der Waals surface area contributed by atoms with E-state index >= 15 is 0 Å². The van der Waals surface area contributed by atoms with Crippen LogP contribution in [0.2, 0.25) is 0 Å². The van der Waals surface area contributed by atoms with Crippen LogP contribution in [-0.4, -0.2) is 35.2 Å². The Morgan fingerprint density at radius 3 is 2.55 bits per heavy atom. The van der Waals surface area contributed by atoms with Crippen molar-refractivity contribution in [2.45, 2.75) is 13.0 Å². The molecule has 9 heteroatoms. The largest absolute Gasteiger partial charge is 0.489 e. The van der Waals surface area contributed by atoms with Crippen LogP contribution in [0.25, 0.3) is 0 Å². The third-order valence-corrected chi connectivity index (χ3v) is 3.12. The van der Waals surface area contributed by atoms with Crippen molar-refractivity contribution in [1.82, 2.24) is 0 Å². The van der Waals surface area contributed by atoms with E-state index in [9.17, 15) is 25.3 Å². The predicted octanol–water partition coefficient (Wildman–Crippen LogP) is 1.38. The number of aliphatic hydroxyl groups excluding tert-OH is 1. The Labute approximate surface area is 113 Å². The summed E-state index contributed by atoms with van der Waals surface area (Å²) in [6.45, 7) is 1.96. The molecule has 9 nitrogen and oxygen atoms in total. The van der Waals surface area contributed by atoms with Crippen molar-refractivity contribution < 1.29 is 19.7 Å². The third kappa shape index (κ3) is 2.11. The molecule has 20 heavy (non-hydrogen) atoms. The normalized spacial score (nSPS) is 15.2. The molecule has 1 atom stereocenters. The molecule has 1 aromatic carbocycles. The molecular formula is C11H13N3O6. The first-order chi connectivity index (χ1) is 9.34. The molecule has 0 saturated carbocycles. The van der Waals surface area contributed by atoms with Gasteiger partial charge in [-0.15, -0.1) is 0 Å². The summed E-state index contributed by atoms with van der Waals surface area (Å²) in [6, 6.07) is 1.13. The van der Waals surface area contributed by atoms with E-state index in [0.29, 0.717) is 6.54 Å². The molecule has 2 rings (SSSR count). The monoisotopic (exact) mass is 283 g/mol. The molecule has 1 aliphatic rings. The van der Waals surface area contributed by atoms with Crippen LogP contribution >= 0.6 is 0 Å². The number of fused-ring (bicyclic) bond motifs is 1. The average molecular weight is 283 g/mol. The summed E-state index contributed by atoms with van der Waals surface area (Å²) in [5.74, 6) is 0.0848. The van der Waals surface area contributed by atoms with Gasteiger partial charge in [0.05, 0.1) is 28.6 Å². The van der Waals surface area contributed by atoms with E-state index in [-0.39, 0.29) is 23.6 Å². The molecule has 1 aromatic rings. The third-order valence-electron chi connectivity index (χ3n) is 3.12. The van der Waals surface area contributed by atoms with Gasteiger partial charge in [-0.25, -0.2) is 0 Å². The minimum Gasteiger partial charge on any atom is -0.489 e. The number of likely N-dealkylation sites (N-methyl/N-ethyl adjacent to an activating group) is 1. The molecule has 0 amide bonds. The van der Waals surface area contributed by atoms with Gasteiger partial charge in [0.1, 0.15) is 12.2 Å². The molecule has 108 valence electrons. The first kappa shape index (κ1) is 14.0. The van der Waals surface area contributed by atoms with Crippen LogP contribution in [-0.2, 0) is 0 Å². The van der Waals surface area contributed by atoms with Gasteiger partial charge in [0.2, 0.25) is 0 Å². The number of hydrogen-bond donors (Lipinski definition) is 1. The maximum atomic E-state index is 11.3. The van der Waals surface area contributed by atoms with Crippen molar-refractivity contribution in [3.05, 3.63) is 31.9 Å². The molecule has 0 radical (unpaired) electrons. The van der Waals surface area contributed by atoms with E-state index in [4.69, 9.17) is 4.74 Å². The van der Waals surface area contributed by atoms with Crippen molar-refractivity contribution in [3.8, 4) is 5.75 Å². The minimum absolute atomic E-state index is 0.0848. The predicted molar refractivity (Wildman–Crippen MR) is 69.1 cm³/mol. The van der Waals surface area contributed by atoms with Crippen molar-refractivity contribution >= 4 is 17.1 Å². The zero-order valence-corrected chi connectivity index (χ0v) is 10.9. The Morgan fingerprint density at radius 1 is 1.40 bits per heavy atom. The van der Waals surface area contributed by atoms with E-state index in [1.54, 1.807) is 11.9 Å². The summed E-state index contributed by atoms with van der Waals surface area (Å²) < 4.78 is 5.28. The van der Waals surface area contributed by atoms with Gasteiger partial charge in [-0.3, -0.25) is 20.2 Å². The Balaban J connectivity index is 2.86. The highest BCUT2D eigenvalue weighted by Gasteiger charge is 2.37. The van der Waals surface area contributed by atoms with Gasteiger partial charge < -0.3 is 14.7 Å². The standard InChI is InChI=1S/C11H13N3O6/c1-6(15)9-7(13(16)17)5-8-10(11(9)14(18)19)12(2)3-4-20-8/h5-6,15H,3-4H2,1-2H3. The first-order valence-electron chi connectivity index (χ1n) is 5.86. The fraction of sp³-hybridized carbons (Fsp3) is 0.455. The highest BCUT2D eigenvalue weighted by molar-refractivity contribution is 5.79. The fourth-order valence-electron chi connectivity index (χ4n) is 2.27. The van der Waals surface area contributed by atoms with Crippen molar-refractivity contribution in [2.75, 3.05) is 25.1 Å². The zero-order chi connectivity index (χ0) is 15.0. The smallest absolute Gasteiger partial charge is 0.309 e. The summed E-state index contributed by atoms with van der Waals surface area (Å²) in [4.78, 5) is 22.5. The van der Waals surface area contributed by atoms with Gasteiger partial charge in [-0.05, 0) is 6.92 Å². The van der Waals surface area contributed by atoms with Crippen LogP contribution in [0.5, 0.6) is 5.75 Å². The number of benzene rings is 1. The molecule has 1 N–H and O–H groups in total. The lowest BCUT2D eigenvalue weighted by molar-refractivity contribution is -0.396. The van der Waals surface area contributed by atoms with E-state index in [1.807, 2.05) is 0 Å². The molecule has 0 aromatic heterocycles. The molecular weight excluding hydrogens is 270 g/mol. The van der Waals surface area contributed by atoms with E-state index < -0.39 is 27.3 Å². The van der Waals surface area contributed by atoms with E-state index in [1.165, 1.54) is 6.92 Å². The fourth-order valence-corrected chi connectivity index (χ4v) is 2.27. The minimum atomic E-state index is -1.34. The zero-order valence-electron chi connectivity index (χ0n) is 10.9. The SMILES string of the molecule is CC(O)c1c([N+](=O)[O-])cc2c(c1[N+](=O)[O-])N(C)CCO2. The average Bonchev–Trinajstić information content (AvgIpc) is 2.36. The van der Waals surface area contributed by atoms with Crippen LogP contribution in [0.1, 0.15) is 18.6 Å². The number of nitrogens with zero attached hydrogens (tertiary/aromatic N) is 3. The number of hydrogen-bond acceptors (Lipinski definition) is 7. The molecule has 1 unspecified atom stereocenters. The number of nitro groups is 2. The van der Waals surface area contributed by atoms with Gasteiger partial charge in [-0.2, -0.15) is 0 Å². The summed E-state index contributed by atoms with van der Waals surface area (Å²) in [6.07, 6.45) is -1.34. The molecule has 1 heterocycles. The Morgan fingerprint density at radius 2 is 2.05 bits per heavy atom. The number of aliphatic hydroxyl groups is 1. The Kier molecular flexibility index (Phi) is 3.45. The molecule has 0 spiro atoms. The summed E-state index contributed by atoms with van der Waals surface area (Å²) >= 11 is 0. The number of ether oxygens (including phenoxy) is 1. The highest BCUT2D eigenvalue weighted by Crippen LogP contribution is 2.48. The van der Waals surface area contributed by atoms with Crippen molar-refractivity contribution in [1.29, 1.82) is 0 Å². The molecule has 0 fully saturated rings. The lowest BCUT2D eigenvalue weighted by Crippen LogP contribution is -2.30. The molecule has 0 aliphatic carbocycles. The molecule has 1 aliphatic heterocycles. The molecule has 0 bridgehead atoms. The van der Waals surface area contributed by atoms with Crippen LogP contribution in [0.4, 0.5) is 17.1 Å². The molecule has 0 saturated heterocycles. The maximum Gasteiger partial charge on any atom is 0.309 e. The van der Waals surface area contributed by atoms with Crippen LogP contribution in [0.3, 0.4) is 0 Å². The second kappa shape index (κ2) is 4.93. The van der Waals surface area contributed by atoms with Crippen LogP contribution < -0.4 is 9.64 Å². The lowest BCUT2D eigenvalue weighted by Gasteiger charge is -2.28. The van der Waals surface area contributed by atoms with Crippen LogP contribution in [0.15, 0.2) is 6.07 Å². The number of rotatable bonds is 3. The van der Waals surface area contributed by atoms with E-state index in [2.05, 4.69) is 0 Å². The van der Waals surface area contributed by atoms with E-state index in [0.717, 1.165) is 6.07 Å². The summed E-state index contributed by atoms with van der Waals surface area (Å²) in [7, 11) is 1.63. The first-order valence-corrected chi connectivity index (χ1v) is 5.86. The van der Waals surface area contributed by atoms with Gasteiger partial charge in [-0.1, -0.05) is 0 Å². The number of nitro benzene ring substituents is 2. The topological polar surface area (TPSA) is 119 Å².